The van der Waals surface area contributed by atoms with Crippen molar-refractivity contribution < 1.29 is 9.53 Å². The summed E-state index contributed by atoms with van der Waals surface area (Å²) in [6.45, 7) is 2.32. The molecule has 0 saturated carbocycles. The maximum absolute atomic E-state index is 11.9. The maximum atomic E-state index is 11.9. The number of anilines is 1. The minimum atomic E-state index is -0.398. The van der Waals surface area contributed by atoms with E-state index < -0.39 is 6.03 Å². The summed E-state index contributed by atoms with van der Waals surface area (Å²) in [5, 5.41) is 7.39. The van der Waals surface area contributed by atoms with Crippen LogP contribution < -0.4 is 15.5 Å². The van der Waals surface area contributed by atoms with Gasteiger partial charge in [0.25, 0.3) is 0 Å². The first-order chi connectivity index (χ1) is 13.6. The zero-order valence-corrected chi connectivity index (χ0v) is 16.1. The third-order valence-electron chi connectivity index (χ3n) is 4.01. The summed E-state index contributed by atoms with van der Waals surface area (Å²) in [6, 6.07) is 22.1. The second-order valence-corrected chi connectivity index (χ2v) is 6.50. The molecule has 0 spiro atoms. The van der Waals surface area contributed by atoms with E-state index in [0.717, 1.165) is 28.1 Å². The Kier molecular flexibility index (Phi) is 6.65. The SMILES string of the molecule is Cc1ccccc1NC(=O)NN=Cc1ccc(OCc2ccccc2Cl)cc1. The van der Waals surface area contributed by atoms with Gasteiger partial charge in [-0.15, -0.1) is 0 Å². The number of nitrogens with zero attached hydrogens (tertiary/aromatic N) is 1. The third kappa shape index (κ3) is 5.59. The number of benzene rings is 3. The van der Waals surface area contributed by atoms with Crippen LogP contribution in [-0.2, 0) is 6.61 Å². The number of amides is 2. The molecule has 5 nitrogen and oxygen atoms in total. The average Bonchev–Trinajstić information content (AvgIpc) is 2.70. The number of rotatable bonds is 6. The van der Waals surface area contributed by atoms with Crippen molar-refractivity contribution in [2.75, 3.05) is 5.32 Å². The number of carbonyl (C=O) groups is 1. The van der Waals surface area contributed by atoms with E-state index in [-0.39, 0.29) is 0 Å². The number of hydrogen-bond acceptors (Lipinski definition) is 3. The molecule has 0 bridgehead atoms. The number of hydrazone groups is 1. The summed E-state index contributed by atoms with van der Waals surface area (Å²) in [4.78, 5) is 11.9. The zero-order valence-electron chi connectivity index (χ0n) is 15.4. The van der Waals surface area contributed by atoms with Gasteiger partial charge < -0.3 is 10.1 Å². The van der Waals surface area contributed by atoms with Crippen LogP contribution in [0.1, 0.15) is 16.7 Å². The van der Waals surface area contributed by atoms with Crippen molar-refractivity contribution in [1.29, 1.82) is 0 Å². The molecule has 0 atom stereocenters. The van der Waals surface area contributed by atoms with Gasteiger partial charge in [-0.2, -0.15) is 5.10 Å². The number of halogens is 1. The number of nitrogens with one attached hydrogen (secondary N) is 2. The third-order valence-corrected chi connectivity index (χ3v) is 4.37. The summed E-state index contributed by atoms with van der Waals surface area (Å²) < 4.78 is 5.74. The van der Waals surface area contributed by atoms with Crippen LogP contribution in [0.5, 0.6) is 5.75 Å². The number of hydrogen-bond donors (Lipinski definition) is 2. The first-order valence-corrected chi connectivity index (χ1v) is 9.11. The highest BCUT2D eigenvalue weighted by atomic mass is 35.5. The van der Waals surface area contributed by atoms with E-state index in [0.29, 0.717) is 11.6 Å². The fraction of sp³-hybridized carbons (Fsp3) is 0.0909. The van der Waals surface area contributed by atoms with Crippen molar-refractivity contribution in [2.24, 2.45) is 5.10 Å². The number of urea groups is 1. The molecule has 28 heavy (non-hydrogen) atoms. The van der Waals surface area contributed by atoms with Crippen LogP contribution in [0.4, 0.5) is 10.5 Å². The molecule has 0 heterocycles. The molecular weight excluding hydrogens is 374 g/mol. The van der Waals surface area contributed by atoms with Crippen LogP contribution in [-0.4, -0.2) is 12.2 Å². The summed E-state index contributed by atoms with van der Waals surface area (Å²) in [7, 11) is 0. The second kappa shape index (κ2) is 9.58. The first-order valence-electron chi connectivity index (χ1n) is 8.74. The van der Waals surface area contributed by atoms with Gasteiger partial charge in [-0.3, -0.25) is 0 Å². The van der Waals surface area contributed by atoms with Crippen molar-refractivity contribution in [3.05, 3.63) is 94.5 Å². The monoisotopic (exact) mass is 393 g/mol. The molecule has 0 aliphatic carbocycles. The number of ether oxygens (including phenoxy) is 1. The Hall–Kier alpha value is -3.31. The lowest BCUT2D eigenvalue weighted by Gasteiger charge is -2.08. The molecule has 2 amide bonds. The predicted octanol–water partition coefficient (Wildman–Crippen LogP) is 5.38. The number of para-hydroxylation sites is 1. The van der Waals surface area contributed by atoms with E-state index in [1.54, 1.807) is 6.21 Å². The van der Waals surface area contributed by atoms with Crippen LogP contribution in [0, 0.1) is 6.92 Å². The van der Waals surface area contributed by atoms with Crippen molar-refractivity contribution >= 4 is 29.5 Å². The Balaban J connectivity index is 1.49. The van der Waals surface area contributed by atoms with E-state index in [4.69, 9.17) is 16.3 Å². The van der Waals surface area contributed by atoms with Crippen molar-refractivity contribution in [1.82, 2.24) is 5.43 Å². The fourth-order valence-electron chi connectivity index (χ4n) is 2.46. The van der Waals surface area contributed by atoms with Gasteiger partial charge in [-0.05, 0) is 54.4 Å². The molecule has 0 aliphatic heterocycles. The van der Waals surface area contributed by atoms with Gasteiger partial charge in [0.05, 0.1) is 6.21 Å². The highest BCUT2D eigenvalue weighted by molar-refractivity contribution is 6.31. The van der Waals surface area contributed by atoms with Gasteiger partial charge in [0, 0.05) is 16.3 Å². The Morgan fingerprint density at radius 1 is 1.04 bits per heavy atom. The molecule has 0 saturated heterocycles. The van der Waals surface area contributed by atoms with E-state index in [9.17, 15) is 4.79 Å². The fourth-order valence-corrected chi connectivity index (χ4v) is 2.65. The second-order valence-electron chi connectivity index (χ2n) is 6.09. The Bertz CT molecular complexity index is 972. The lowest BCUT2D eigenvalue weighted by Crippen LogP contribution is -2.24. The first kappa shape index (κ1) is 19.5. The molecule has 0 aromatic heterocycles. The summed E-state index contributed by atoms with van der Waals surface area (Å²) in [5.41, 5.74) is 5.94. The quantitative estimate of drug-likeness (QED) is 0.436. The molecule has 142 valence electrons. The molecule has 3 aromatic rings. The van der Waals surface area contributed by atoms with E-state index >= 15 is 0 Å². The molecule has 0 fully saturated rings. The van der Waals surface area contributed by atoms with Gasteiger partial charge >= 0.3 is 6.03 Å². The van der Waals surface area contributed by atoms with Gasteiger partial charge in [-0.1, -0.05) is 48.0 Å². The van der Waals surface area contributed by atoms with Gasteiger partial charge in [0.15, 0.2) is 0 Å². The Morgan fingerprint density at radius 3 is 2.50 bits per heavy atom. The molecule has 3 aromatic carbocycles. The molecule has 0 unspecified atom stereocenters. The standard InChI is InChI=1S/C22H20ClN3O2/c1-16-6-2-5-9-21(16)25-22(27)26-24-14-17-10-12-19(13-11-17)28-15-18-7-3-4-8-20(18)23/h2-14H,15H2,1H3,(H2,25,26,27). The summed E-state index contributed by atoms with van der Waals surface area (Å²) in [6.07, 6.45) is 1.56. The molecule has 2 N–H and O–H groups in total. The van der Waals surface area contributed by atoms with Gasteiger partial charge in [-0.25, -0.2) is 10.2 Å². The maximum Gasteiger partial charge on any atom is 0.339 e. The van der Waals surface area contributed by atoms with Crippen LogP contribution in [0.25, 0.3) is 0 Å². The minimum absolute atomic E-state index is 0.397. The van der Waals surface area contributed by atoms with Gasteiger partial charge in [0.2, 0.25) is 0 Å². The molecule has 3 rings (SSSR count). The van der Waals surface area contributed by atoms with Crippen LogP contribution in [0.2, 0.25) is 5.02 Å². The largest absolute Gasteiger partial charge is 0.489 e. The number of carbonyl (C=O) groups excluding carboxylic acids is 1. The highest BCUT2D eigenvalue weighted by Crippen LogP contribution is 2.18. The minimum Gasteiger partial charge on any atom is -0.489 e. The topological polar surface area (TPSA) is 62.7 Å². The molecule has 0 aliphatic rings. The lowest BCUT2D eigenvalue weighted by atomic mass is 10.2. The zero-order chi connectivity index (χ0) is 19.8. The summed E-state index contributed by atoms with van der Waals surface area (Å²) in [5.74, 6) is 0.724. The molecule has 6 heteroatoms. The van der Waals surface area contributed by atoms with Crippen LogP contribution >= 0.6 is 11.6 Å². The summed E-state index contributed by atoms with van der Waals surface area (Å²) >= 11 is 6.12. The number of aryl methyl sites for hydroxylation is 1. The molecular formula is C22H20ClN3O2. The highest BCUT2D eigenvalue weighted by Gasteiger charge is 2.02. The van der Waals surface area contributed by atoms with Crippen molar-refractivity contribution in [3.8, 4) is 5.75 Å². The average molecular weight is 394 g/mol. The predicted molar refractivity (Wildman–Crippen MR) is 113 cm³/mol. The van der Waals surface area contributed by atoms with Crippen LogP contribution in [0.3, 0.4) is 0 Å². The normalized spacial score (nSPS) is 10.6. The Morgan fingerprint density at radius 2 is 1.75 bits per heavy atom. The van der Waals surface area contributed by atoms with E-state index in [1.165, 1.54) is 0 Å². The lowest BCUT2D eigenvalue weighted by molar-refractivity contribution is 0.252. The van der Waals surface area contributed by atoms with E-state index in [2.05, 4.69) is 15.8 Å². The van der Waals surface area contributed by atoms with Crippen LogP contribution in [0.15, 0.2) is 77.9 Å². The van der Waals surface area contributed by atoms with Gasteiger partial charge in [0.1, 0.15) is 12.4 Å². The van der Waals surface area contributed by atoms with E-state index in [1.807, 2.05) is 79.7 Å². The van der Waals surface area contributed by atoms with Crippen molar-refractivity contribution in [3.63, 3.8) is 0 Å². The molecule has 0 radical (unpaired) electrons. The smallest absolute Gasteiger partial charge is 0.339 e. The Labute approximate surface area is 169 Å². The van der Waals surface area contributed by atoms with Crippen molar-refractivity contribution in [2.45, 2.75) is 13.5 Å².